The molecule has 7 nitrogen and oxygen atoms in total. The molecule has 0 spiro atoms. The molecule has 2 aromatic rings. The van der Waals surface area contributed by atoms with Crippen LogP contribution in [-0.4, -0.2) is 80.0 Å². The lowest BCUT2D eigenvalue weighted by Gasteiger charge is -2.27. The lowest BCUT2D eigenvalue weighted by atomic mass is 10.2. The first-order valence-corrected chi connectivity index (χ1v) is 11.2. The summed E-state index contributed by atoms with van der Waals surface area (Å²) in [5.41, 5.74) is 3.25. The minimum Gasteiger partial charge on any atom is -0.488 e. The summed E-state index contributed by atoms with van der Waals surface area (Å²) in [5, 5.41) is 0. The number of methoxy groups -OCH3 is 2. The number of aryl methyl sites for hydroxylation is 1. The molecule has 0 radical (unpaired) electrons. The van der Waals surface area contributed by atoms with Gasteiger partial charge < -0.3 is 33.5 Å². The van der Waals surface area contributed by atoms with Crippen LogP contribution >= 0.6 is 0 Å². The maximum Gasteiger partial charge on any atom is 0.143 e. The van der Waals surface area contributed by atoms with E-state index in [-0.39, 0.29) is 0 Å². The SMILES string of the molecule is COCCN1CCOCCN(CCOC)c2ccc(C)cc2OCCOc2ccccc21. The molecule has 0 saturated carbocycles. The zero-order valence-electron chi connectivity index (χ0n) is 19.5. The second-order valence-corrected chi connectivity index (χ2v) is 7.71. The van der Waals surface area contributed by atoms with E-state index in [9.17, 15) is 0 Å². The highest BCUT2D eigenvalue weighted by Gasteiger charge is 2.16. The van der Waals surface area contributed by atoms with Gasteiger partial charge in [-0.1, -0.05) is 18.2 Å². The highest BCUT2D eigenvalue weighted by atomic mass is 16.5. The number of benzene rings is 2. The molecule has 2 aromatic carbocycles. The van der Waals surface area contributed by atoms with Crippen molar-refractivity contribution in [1.82, 2.24) is 0 Å². The van der Waals surface area contributed by atoms with Gasteiger partial charge in [-0.3, -0.25) is 0 Å². The molecule has 0 fully saturated rings. The van der Waals surface area contributed by atoms with Gasteiger partial charge in [-0.25, -0.2) is 0 Å². The zero-order chi connectivity index (χ0) is 22.6. The average molecular weight is 445 g/mol. The largest absolute Gasteiger partial charge is 0.488 e. The Balaban J connectivity index is 1.81. The van der Waals surface area contributed by atoms with E-state index >= 15 is 0 Å². The summed E-state index contributed by atoms with van der Waals surface area (Å²) < 4.78 is 29.0. The maximum absolute atomic E-state index is 6.18. The summed E-state index contributed by atoms with van der Waals surface area (Å²) in [4.78, 5) is 4.51. The maximum atomic E-state index is 6.18. The Bertz CT molecular complexity index is 817. The van der Waals surface area contributed by atoms with Gasteiger partial charge in [0, 0.05) is 40.4 Å². The van der Waals surface area contributed by atoms with Crippen molar-refractivity contribution in [3.05, 3.63) is 48.0 Å². The molecular formula is C25H36N2O5. The predicted molar refractivity (Wildman–Crippen MR) is 128 cm³/mol. The number of ether oxygens (including phenoxy) is 5. The predicted octanol–water partition coefficient (Wildman–Crippen LogP) is 3.39. The zero-order valence-corrected chi connectivity index (χ0v) is 19.5. The van der Waals surface area contributed by atoms with Crippen LogP contribution in [0.5, 0.6) is 11.5 Å². The van der Waals surface area contributed by atoms with Crippen LogP contribution in [0.25, 0.3) is 0 Å². The molecule has 0 amide bonds. The Morgan fingerprint density at radius 2 is 1.34 bits per heavy atom. The number of rotatable bonds is 6. The van der Waals surface area contributed by atoms with Crippen molar-refractivity contribution in [3.63, 3.8) is 0 Å². The molecule has 0 unspecified atom stereocenters. The summed E-state index contributed by atoms with van der Waals surface area (Å²) in [6, 6.07) is 14.4. The molecule has 1 aliphatic rings. The third-order valence-electron chi connectivity index (χ3n) is 5.40. The molecule has 0 bridgehead atoms. The Morgan fingerprint density at radius 3 is 2.00 bits per heavy atom. The Morgan fingerprint density at radius 1 is 0.750 bits per heavy atom. The number of nitrogens with zero attached hydrogens (tertiary/aromatic N) is 2. The molecule has 32 heavy (non-hydrogen) atoms. The van der Waals surface area contributed by atoms with Gasteiger partial charge in [0.05, 0.1) is 37.8 Å². The van der Waals surface area contributed by atoms with E-state index in [1.54, 1.807) is 14.2 Å². The number of anilines is 2. The fourth-order valence-electron chi connectivity index (χ4n) is 3.70. The smallest absolute Gasteiger partial charge is 0.143 e. The van der Waals surface area contributed by atoms with Crippen LogP contribution < -0.4 is 19.3 Å². The first-order chi connectivity index (χ1) is 15.7. The van der Waals surface area contributed by atoms with Crippen LogP contribution in [0, 0.1) is 6.92 Å². The lowest BCUT2D eigenvalue weighted by Crippen LogP contribution is -2.33. The quantitative estimate of drug-likeness (QED) is 0.677. The van der Waals surface area contributed by atoms with Crippen LogP contribution in [0.15, 0.2) is 42.5 Å². The van der Waals surface area contributed by atoms with Gasteiger partial charge in [0.25, 0.3) is 0 Å². The van der Waals surface area contributed by atoms with Crippen LogP contribution in [-0.2, 0) is 14.2 Å². The van der Waals surface area contributed by atoms with E-state index in [0.717, 1.165) is 54.6 Å². The molecule has 0 atom stereocenters. The first-order valence-electron chi connectivity index (χ1n) is 11.2. The fourth-order valence-corrected chi connectivity index (χ4v) is 3.70. The molecule has 0 aliphatic carbocycles. The minimum absolute atomic E-state index is 0.455. The highest BCUT2D eigenvalue weighted by molar-refractivity contribution is 5.60. The standard InChI is InChI=1S/C25H36N2O5/c1-21-8-9-23-25(20-21)32-19-18-31-24-7-5-4-6-22(24)26(10-14-28-2)12-16-30-17-13-27(23)11-15-29-3/h4-9,20H,10-19H2,1-3H3. The van der Waals surface area contributed by atoms with Crippen molar-refractivity contribution in [2.75, 3.05) is 89.8 Å². The van der Waals surface area contributed by atoms with E-state index in [0.29, 0.717) is 39.6 Å². The molecular weight excluding hydrogens is 408 g/mol. The van der Waals surface area contributed by atoms with Crippen molar-refractivity contribution in [1.29, 1.82) is 0 Å². The summed E-state index contributed by atoms with van der Waals surface area (Å²) in [7, 11) is 3.44. The van der Waals surface area contributed by atoms with Gasteiger partial charge in [0.15, 0.2) is 0 Å². The Kier molecular flexibility index (Phi) is 9.94. The highest BCUT2D eigenvalue weighted by Crippen LogP contribution is 2.31. The lowest BCUT2D eigenvalue weighted by molar-refractivity contribution is 0.141. The Hall–Kier alpha value is -2.48. The van der Waals surface area contributed by atoms with E-state index in [1.807, 2.05) is 18.2 Å². The molecule has 3 rings (SSSR count). The molecule has 176 valence electrons. The van der Waals surface area contributed by atoms with Crippen molar-refractivity contribution in [2.45, 2.75) is 6.92 Å². The number of fused-ring (bicyclic) bond motifs is 2. The van der Waals surface area contributed by atoms with Crippen molar-refractivity contribution in [2.24, 2.45) is 0 Å². The van der Waals surface area contributed by atoms with E-state index < -0.39 is 0 Å². The van der Waals surface area contributed by atoms with Crippen LogP contribution in [0.2, 0.25) is 0 Å². The second-order valence-electron chi connectivity index (χ2n) is 7.71. The third-order valence-corrected chi connectivity index (χ3v) is 5.40. The normalized spacial score (nSPS) is 15.6. The average Bonchev–Trinajstić information content (AvgIpc) is 2.81. The van der Waals surface area contributed by atoms with E-state index in [4.69, 9.17) is 23.7 Å². The summed E-state index contributed by atoms with van der Waals surface area (Å²) in [6.07, 6.45) is 0. The monoisotopic (exact) mass is 444 g/mol. The number of hydrogen-bond acceptors (Lipinski definition) is 7. The van der Waals surface area contributed by atoms with Gasteiger partial charge in [0.1, 0.15) is 24.7 Å². The molecule has 1 aliphatic heterocycles. The van der Waals surface area contributed by atoms with Gasteiger partial charge >= 0.3 is 0 Å². The van der Waals surface area contributed by atoms with Gasteiger partial charge in [-0.2, -0.15) is 0 Å². The van der Waals surface area contributed by atoms with Gasteiger partial charge in [-0.15, -0.1) is 0 Å². The molecule has 0 aromatic heterocycles. The van der Waals surface area contributed by atoms with Crippen molar-refractivity contribution in [3.8, 4) is 11.5 Å². The summed E-state index contributed by atoms with van der Waals surface area (Å²) in [6.45, 7) is 8.54. The van der Waals surface area contributed by atoms with E-state index in [2.05, 4.69) is 41.0 Å². The third kappa shape index (κ3) is 7.02. The summed E-state index contributed by atoms with van der Waals surface area (Å²) >= 11 is 0. The van der Waals surface area contributed by atoms with Gasteiger partial charge in [-0.05, 0) is 36.8 Å². The Labute approximate surface area is 191 Å². The van der Waals surface area contributed by atoms with E-state index in [1.165, 1.54) is 0 Å². The van der Waals surface area contributed by atoms with Crippen LogP contribution in [0.1, 0.15) is 5.56 Å². The number of para-hydroxylation sites is 2. The van der Waals surface area contributed by atoms with Crippen LogP contribution in [0.4, 0.5) is 11.4 Å². The van der Waals surface area contributed by atoms with Crippen LogP contribution in [0.3, 0.4) is 0 Å². The van der Waals surface area contributed by atoms with Gasteiger partial charge in [0.2, 0.25) is 0 Å². The second kappa shape index (κ2) is 13.2. The van der Waals surface area contributed by atoms with Crippen molar-refractivity contribution >= 4 is 11.4 Å². The summed E-state index contributed by atoms with van der Waals surface area (Å²) in [5.74, 6) is 1.70. The molecule has 1 heterocycles. The molecule has 0 N–H and O–H groups in total. The fraction of sp³-hybridized carbons (Fsp3) is 0.520. The molecule has 7 heteroatoms. The minimum atomic E-state index is 0.455. The topological polar surface area (TPSA) is 52.6 Å². The first kappa shape index (κ1) is 24.2. The number of hydrogen-bond donors (Lipinski definition) is 0. The molecule has 0 saturated heterocycles. The van der Waals surface area contributed by atoms with Crippen molar-refractivity contribution < 1.29 is 23.7 Å².